The minimum Gasteiger partial charge on any atom is -0.451 e. The molecule has 0 saturated carbocycles. The normalized spacial score (nSPS) is 11.4. The van der Waals surface area contributed by atoms with E-state index >= 15 is 0 Å². The number of halogens is 2. The zero-order valence-electron chi connectivity index (χ0n) is 17.4. The Labute approximate surface area is 194 Å². The number of nitro groups is 1. The number of anilines is 1. The number of aromatic nitrogens is 1. The molecule has 1 heterocycles. The molecule has 2 N–H and O–H groups in total. The zero-order valence-corrected chi connectivity index (χ0v) is 18.2. The third-order valence-corrected chi connectivity index (χ3v) is 5.09. The molecule has 1 unspecified atom stereocenters. The summed E-state index contributed by atoms with van der Waals surface area (Å²) in [5.41, 5.74) is 0.331. The number of esters is 1. The highest BCUT2D eigenvalue weighted by Gasteiger charge is 2.21. The third kappa shape index (κ3) is 6.16. The number of carbonyl (C=O) groups excluding carboxylic acids is 3. The highest BCUT2D eigenvalue weighted by atomic mass is 32.1. The molecule has 0 bridgehead atoms. The van der Waals surface area contributed by atoms with Crippen LogP contribution in [0.1, 0.15) is 17.3 Å². The van der Waals surface area contributed by atoms with Gasteiger partial charge in [-0.25, -0.2) is 13.8 Å². The summed E-state index contributed by atoms with van der Waals surface area (Å²) in [5.74, 6) is -4.57. The average Bonchev–Trinajstić information content (AvgIpc) is 3.26. The van der Waals surface area contributed by atoms with Crippen molar-refractivity contribution in [3.8, 4) is 11.3 Å². The molecule has 0 spiro atoms. The standard InChI is InChI=1S/C21H16F2N4O6S/c1-11(33-18(28)9-24-20(30)15-6-5-13(22)8-16(15)23)19(29)26-21-25-17(10-34-21)12-3-2-4-14(7-12)27(31)32/h2-8,10-11H,9H2,1H3,(H,24,30)(H,25,26,29). The second-order valence-corrected chi connectivity index (χ2v) is 7.63. The first-order chi connectivity index (χ1) is 16.1. The Morgan fingerprint density at radius 2 is 1.97 bits per heavy atom. The maximum atomic E-state index is 13.6. The van der Waals surface area contributed by atoms with Crippen LogP contribution in [-0.4, -0.2) is 40.3 Å². The topological polar surface area (TPSA) is 141 Å². The molecular formula is C21H16F2N4O6S. The first-order valence-electron chi connectivity index (χ1n) is 9.58. The van der Waals surface area contributed by atoms with Crippen molar-refractivity contribution in [3.05, 3.63) is 75.2 Å². The first kappa shape index (κ1) is 24.4. The van der Waals surface area contributed by atoms with Gasteiger partial charge in [0.2, 0.25) is 0 Å². The summed E-state index contributed by atoms with van der Waals surface area (Å²) in [6.07, 6.45) is -1.25. The highest BCUT2D eigenvalue weighted by Crippen LogP contribution is 2.27. The summed E-state index contributed by atoms with van der Waals surface area (Å²) >= 11 is 1.06. The molecule has 0 aliphatic carbocycles. The number of amides is 2. The maximum absolute atomic E-state index is 13.6. The Morgan fingerprint density at radius 1 is 1.21 bits per heavy atom. The summed E-state index contributed by atoms with van der Waals surface area (Å²) in [4.78, 5) is 50.7. The number of non-ortho nitro benzene ring substituents is 1. The lowest BCUT2D eigenvalue weighted by atomic mass is 10.1. The van der Waals surface area contributed by atoms with E-state index < -0.39 is 52.6 Å². The summed E-state index contributed by atoms with van der Waals surface area (Å²) in [6.45, 7) is 0.644. The second kappa shape index (κ2) is 10.6. The van der Waals surface area contributed by atoms with Crippen LogP contribution in [-0.2, 0) is 14.3 Å². The van der Waals surface area contributed by atoms with Crippen molar-refractivity contribution in [3.63, 3.8) is 0 Å². The van der Waals surface area contributed by atoms with Gasteiger partial charge in [0.25, 0.3) is 17.5 Å². The number of hydrogen-bond acceptors (Lipinski definition) is 8. The van der Waals surface area contributed by atoms with Crippen molar-refractivity contribution in [2.45, 2.75) is 13.0 Å². The Kier molecular flexibility index (Phi) is 7.58. The van der Waals surface area contributed by atoms with Gasteiger partial charge in [0.05, 0.1) is 16.2 Å². The average molecular weight is 490 g/mol. The second-order valence-electron chi connectivity index (χ2n) is 6.77. The fourth-order valence-corrected chi connectivity index (χ4v) is 3.39. The largest absolute Gasteiger partial charge is 0.451 e. The molecule has 2 aromatic carbocycles. The van der Waals surface area contributed by atoms with Gasteiger partial charge in [-0.1, -0.05) is 12.1 Å². The van der Waals surface area contributed by atoms with E-state index in [1.165, 1.54) is 25.1 Å². The van der Waals surface area contributed by atoms with Crippen LogP contribution in [0.15, 0.2) is 47.8 Å². The monoisotopic (exact) mass is 490 g/mol. The van der Waals surface area contributed by atoms with Crippen molar-refractivity contribution in [1.29, 1.82) is 0 Å². The molecule has 1 atom stereocenters. The quantitative estimate of drug-likeness (QED) is 0.280. The molecule has 0 radical (unpaired) electrons. The van der Waals surface area contributed by atoms with Crippen molar-refractivity contribution < 1.29 is 32.8 Å². The zero-order chi connectivity index (χ0) is 24.8. The predicted octanol–water partition coefficient (Wildman–Crippen LogP) is 3.30. The number of hydrogen-bond donors (Lipinski definition) is 2. The molecule has 0 saturated heterocycles. The van der Waals surface area contributed by atoms with Crippen molar-refractivity contribution in [2.24, 2.45) is 0 Å². The van der Waals surface area contributed by atoms with E-state index in [0.29, 0.717) is 17.3 Å². The van der Waals surface area contributed by atoms with Gasteiger partial charge >= 0.3 is 5.97 Å². The SMILES string of the molecule is CC(OC(=O)CNC(=O)c1ccc(F)cc1F)C(=O)Nc1nc(-c2cccc([N+](=O)[O-])c2)cs1. The fourth-order valence-electron chi connectivity index (χ4n) is 2.66. The molecule has 13 heteroatoms. The van der Waals surface area contributed by atoms with Crippen molar-refractivity contribution in [1.82, 2.24) is 10.3 Å². The number of thiazole rings is 1. The number of carbonyl (C=O) groups is 3. The van der Waals surface area contributed by atoms with Crippen LogP contribution in [0.25, 0.3) is 11.3 Å². The van der Waals surface area contributed by atoms with Crippen LogP contribution in [0.3, 0.4) is 0 Å². The minimum absolute atomic E-state index is 0.106. The van der Waals surface area contributed by atoms with Gasteiger partial charge in [0.15, 0.2) is 11.2 Å². The number of nitrogens with one attached hydrogen (secondary N) is 2. The van der Waals surface area contributed by atoms with E-state index in [0.717, 1.165) is 23.5 Å². The van der Waals surface area contributed by atoms with Gasteiger partial charge in [-0.15, -0.1) is 11.3 Å². The van der Waals surface area contributed by atoms with E-state index in [2.05, 4.69) is 15.6 Å². The number of ether oxygens (including phenoxy) is 1. The Bertz CT molecular complexity index is 1270. The molecule has 0 aliphatic heterocycles. The lowest BCUT2D eigenvalue weighted by molar-refractivity contribution is -0.384. The van der Waals surface area contributed by atoms with Crippen molar-refractivity contribution in [2.75, 3.05) is 11.9 Å². The van der Waals surface area contributed by atoms with E-state index in [1.807, 2.05) is 0 Å². The van der Waals surface area contributed by atoms with Crippen LogP contribution in [0.4, 0.5) is 19.6 Å². The summed E-state index contributed by atoms with van der Waals surface area (Å²) in [5, 5.41) is 17.3. The van der Waals surface area contributed by atoms with E-state index in [9.17, 15) is 33.3 Å². The van der Waals surface area contributed by atoms with E-state index in [-0.39, 0.29) is 10.8 Å². The van der Waals surface area contributed by atoms with Crippen LogP contribution in [0.2, 0.25) is 0 Å². The molecule has 3 rings (SSSR count). The lowest BCUT2D eigenvalue weighted by Crippen LogP contribution is -2.36. The molecule has 2 amide bonds. The van der Waals surface area contributed by atoms with Gasteiger partial charge in [0, 0.05) is 29.1 Å². The van der Waals surface area contributed by atoms with E-state index in [1.54, 1.807) is 11.4 Å². The number of nitro benzene ring substituents is 1. The fraction of sp³-hybridized carbons (Fsp3) is 0.143. The molecule has 0 aliphatic rings. The van der Waals surface area contributed by atoms with Gasteiger partial charge in [-0.3, -0.25) is 29.8 Å². The molecule has 34 heavy (non-hydrogen) atoms. The maximum Gasteiger partial charge on any atom is 0.326 e. The number of benzene rings is 2. The molecule has 1 aromatic heterocycles. The Morgan fingerprint density at radius 3 is 2.68 bits per heavy atom. The summed E-state index contributed by atoms with van der Waals surface area (Å²) in [6, 6.07) is 8.18. The van der Waals surface area contributed by atoms with Crippen LogP contribution < -0.4 is 10.6 Å². The van der Waals surface area contributed by atoms with Crippen LogP contribution >= 0.6 is 11.3 Å². The van der Waals surface area contributed by atoms with Gasteiger partial charge in [-0.05, 0) is 19.1 Å². The van der Waals surface area contributed by atoms with Crippen LogP contribution in [0.5, 0.6) is 0 Å². The summed E-state index contributed by atoms with van der Waals surface area (Å²) < 4.78 is 31.5. The number of nitrogens with zero attached hydrogens (tertiary/aromatic N) is 2. The molecule has 10 nitrogen and oxygen atoms in total. The van der Waals surface area contributed by atoms with E-state index in [4.69, 9.17) is 4.74 Å². The molecule has 3 aromatic rings. The highest BCUT2D eigenvalue weighted by molar-refractivity contribution is 7.14. The van der Waals surface area contributed by atoms with Gasteiger partial charge in [-0.2, -0.15) is 0 Å². The Balaban J connectivity index is 1.52. The third-order valence-electron chi connectivity index (χ3n) is 4.33. The Hall–Kier alpha value is -4.26. The van der Waals surface area contributed by atoms with Crippen molar-refractivity contribution >= 4 is 39.9 Å². The van der Waals surface area contributed by atoms with Gasteiger partial charge in [0.1, 0.15) is 18.2 Å². The van der Waals surface area contributed by atoms with Gasteiger partial charge < -0.3 is 10.1 Å². The molecule has 0 fully saturated rings. The minimum atomic E-state index is -1.25. The lowest BCUT2D eigenvalue weighted by Gasteiger charge is -2.13. The van der Waals surface area contributed by atoms with Crippen LogP contribution in [0, 0.1) is 21.7 Å². The molecular weight excluding hydrogens is 474 g/mol. The smallest absolute Gasteiger partial charge is 0.326 e. The predicted molar refractivity (Wildman–Crippen MR) is 117 cm³/mol. The number of rotatable bonds is 8. The first-order valence-corrected chi connectivity index (χ1v) is 10.5. The molecule has 176 valence electrons. The summed E-state index contributed by atoms with van der Waals surface area (Å²) in [7, 11) is 0.